The van der Waals surface area contributed by atoms with Gasteiger partial charge in [0.1, 0.15) is 17.6 Å². The smallest absolute Gasteiger partial charge is 0.244 e. The highest BCUT2D eigenvalue weighted by atomic mass is 79.9. The average Bonchev–Trinajstić information content (AvgIpc) is 2.75. The van der Waals surface area contributed by atoms with E-state index in [9.17, 15) is 13.7 Å². The molecule has 0 N–H and O–H groups in total. The number of nitriles is 1. The third kappa shape index (κ3) is 4.56. The van der Waals surface area contributed by atoms with Gasteiger partial charge in [0.2, 0.25) is 10.0 Å². The number of nitrogens with zero attached hydrogens (tertiary/aromatic N) is 3. The number of ether oxygens (including phenoxy) is 2. The van der Waals surface area contributed by atoms with Gasteiger partial charge in [0, 0.05) is 38.3 Å². The van der Waals surface area contributed by atoms with Crippen molar-refractivity contribution in [3.05, 3.63) is 52.0 Å². The van der Waals surface area contributed by atoms with Gasteiger partial charge in [0.05, 0.1) is 29.2 Å². The minimum atomic E-state index is -3.70. The van der Waals surface area contributed by atoms with Crippen LogP contribution in [0, 0.1) is 11.3 Å². The zero-order valence-corrected chi connectivity index (χ0v) is 18.7. The van der Waals surface area contributed by atoms with Crippen LogP contribution in [0.15, 0.2) is 45.8 Å². The fourth-order valence-corrected chi connectivity index (χ4v) is 5.39. The van der Waals surface area contributed by atoms with Gasteiger partial charge in [-0.1, -0.05) is 12.1 Å². The summed E-state index contributed by atoms with van der Waals surface area (Å²) in [6, 6.07) is 12.1. The van der Waals surface area contributed by atoms with Gasteiger partial charge in [-0.25, -0.2) is 8.42 Å². The van der Waals surface area contributed by atoms with Gasteiger partial charge < -0.3 is 9.47 Å². The minimum Gasteiger partial charge on any atom is -0.496 e. The van der Waals surface area contributed by atoms with Gasteiger partial charge in [-0.15, -0.1) is 0 Å². The summed E-state index contributed by atoms with van der Waals surface area (Å²) in [5.74, 6) is 1.46. The molecule has 29 heavy (non-hydrogen) atoms. The summed E-state index contributed by atoms with van der Waals surface area (Å²) < 4.78 is 39.0. The van der Waals surface area contributed by atoms with Gasteiger partial charge in [0.25, 0.3) is 0 Å². The number of hydrogen-bond acceptors (Lipinski definition) is 6. The number of methoxy groups -OCH3 is 2. The highest BCUT2D eigenvalue weighted by molar-refractivity contribution is 9.10. The second kappa shape index (κ2) is 9.13. The Morgan fingerprint density at radius 1 is 1.07 bits per heavy atom. The largest absolute Gasteiger partial charge is 0.496 e. The lowest BCUT2D eigenvalue weighted by Gasteiger charge is -2.34. The van der Waals surface area contributed by atoms with Crippen LogP contribution in [0.25, 0.3) is 0 Å². The Bertz CT molecular complexity index is 1030. The molecule has 7 nitrogen and oxygen atoms in total. The first-order valence-electron chi connectivity index (χ1n) is 9.02. The third-order valence-electron chi connectivity index (χ3n) is 4.91. The molecule has 3 rings (SSSR count). The topological polar surface area (TPSA) is 82.9 Å². The predicted molar refractivity (Wildman–Crippen MR) is 112 cm³/mol. The number of halogens is 1. The van der Waals surface area contributed by atoms with Crippen LogP contribution in [0.5, 0.6) is 11.5 Å². The van der Waals surface area contributed by atoms with E-state index in [1.54, 1.807) is 26.4 Å². The van der Waals surface area contributed by atoms with Crippen LogP contribution in [-0.2, 0) is 16.6 Å². The molecule has 2 aromatic carbocycles. The lowest BCUT2D eigenvalue weighted by atomic mass is 10.1. The van der Waals surface area contributed by atoms with Crippen LogP contribution in [0.3, 0.4) is 0 Å². The van der Waals surface area contributed by atoms with Crippen LogP contribution < -0.4 is 9.47 Å². The van der Waals surface area contributed by atoms with Crippen molar-refractivity contribution in [2.24, 2.45) is 0 Å². The van der Waals surface area contributed by atoms with Crippen molar-refractivity contribution in [2.75, 3.05) is 40.4 Å². The lowest BCUT2D eigenvalue weighted by Crippen LogP contribution is -2.48. The first-order chi connectivity index (χ1) is 13.9. The fraction of sp³-hybridized carbons (Fsp3) is 0.350. The quantitative estimate of drug-likeness (QED) is 0.633. The van der Waals surface area contributed by atoms with Crippen LogP contribution in [0.2, 0.25) is 0 Å². The molecule has 1 heterocycles. The van der Waals surface area contributed by atoms with Crippen molar-refractivity contribution in [1.29, 1.82) is 5.26 Å². The third-order valence-corrected chi connectivity index (χ3v) is 7.48. The van der Waals surface area contributed by atoms with E-state index in [2.05, 4.69) is 20.8 Å². The number of sulfonamides is 1. The Hall–Kier alpha value is -2.12. The van der Waals surface area contributed by atoms with E-state index in [-0.39, 0.29) is 10.5 Å². The molecule has 0 aromatic heterocycles. The fourth-order valence-electron chi connectivity index (χ4n) is 3.34. The predicted octanol–water partition coefficient (Wildman–Crippen LogP) is 2.84. The second-order valence-electron chi connectivity index (χ2n) is 6.59. The Morgan fingerprint density at radius 2 is 1.72 bits per heavy atom. The zero-order chi connectivity index (χ0) is 21.0. The number of benzene rings is 2. The summed E-state index contributed by atoms with van der Waals surface area (Å²) >= 11 is 3.46. The lowest BCUT2D eigenvalue weighted by molar-refractivity contribution is 0.180. The summed E-state index contributed by atoms with van der Waals surface area (Å²) in [5.41, 5.74) is 1.14. The summed E-state index contributed by atoms with van der Waals surface area (Å²) in [4.78, 5) is 2.24. The van der Waals surface area contributed by atoms with E-state index in [1.165, 1.54) is 16.4 Å². The van der Waals surface area contributed by atoms with Crippen molar-refractivity contribution in [2.45, 2.75) is 11.4 Å². The van der Waals surface area contributed by atoms with Gasteiger partial charge in [-0.2, -0.15) is 9.57 Å². The Morgan fingerprint density at radius 3 is 2.34 bits per heavy atom. The molecule has 0 aliphatic carbocycles. The molecule has 9 heteroatoms. The van der Waals surface area contributed by atoms with Gasteiger partial charge in [0.15, 0.2) is 0 Å². The minimum absolute atomic E-state index is 0.0651. The Labute approximate surface area is 179 Å². The SMILES string of the molecule is COc1cc(CN2CCN(S(=O)(=O)c3ccccc3C#N)CC2)c(OC)cc1Br. The molecule has 0 spiro atoms. The van der Waals surface area contributed by atoms with Gasteiger partial charge in [-0.05, 0) is 40.2 Å². The molecule has 0 saturated carbocycles. The van der Waals surface area contributed by atoms with Crippen LogP contribution in [-0.4, -0.2) is 58.0 Å². The molecule has 2 aromatic rings. The zero-order valence-electron chi connectivity index (χ0n) is 16.3. The molecular formula is C20H22BrN3O4S. The van der Waals surface area contributed by atoms with Gasteiger partial charge in [-0.3, -0.25) is 4.90 Å². The molecule has 1 aliphatic rings. The standard InChI is InChI=1S/C20H22BrN3O4S/c1-27-18-12-17(21)19(28-2)11-16(18)14-23-7-9-24(10-8-23)29(25,26)20-6-4-3-5-15(20)13-22/h3-6,11-12H,7-10,14H2,1-2H3. The number of rotatable bonds is 6. The van der Waals surface area contributed by atoms with Crippen molar-refractivity contribution in [3.63, 3.8) is 0 Å². The van der Waals surface area contributed by atoms with E-state index < -0.39 is 10.0 Å². The number of hydrogen-bond donors (Lipinski definition) is 0. The first-order valence-corrected chi connectivity index (χ1v) is 11.3. The molecule has 154 valence electrons. The van der Waals surface area contributed by atoms with Crippen molar-refractivity contribution in [3.8, 4) is 17.6 Å². The molecule has 1 aliphatic heterocycles. The van der Waals surface area contributed by atoms with Crippen molar-refractivity contribution >= 4 is 26.0 Å². The van der Waals surface area contributed by atoms with E-state index in [0.29, 0.717) is 32.7 Å². The van der Waals surface area contributed by atoms with E-state index >= 15 is 0 Å². The van der Waals surface area contributed by atoms with Crippen LogP contribution >= 0.6 is 15.9 Å². The molecule has 1 fully saturated rings. The van der Waals surface area contributed by atoms with Crippen molar-refractivity contribution in [1.82, 2.24) is 9.21 Å². The summed E-state index contributed by atoms with van der Waals surface area (Å²) in [5, 5.41) is 9.23. The first kappa shape index (κ1) is 21.6. The van der Waals surface area contributed by atoms with Crippen LogP contribution in [0.4, 0.5) is 0 Å². The molecular weight excluding hydrogens is 458 g/mol. The summed E-state index contributed by atoms with van der Waals surface area (Å²) in [6.45, 7) is 2.50. The molecule has 0 amide bonds. The highest BCUT2D eigenvalue weighted by Gasteiger charge is 2.30. The second-order valence-corrected chi connectivity index (χ2v) is 9.35. The van der Waals surface area contributed by atoms with Crippen LogP contribution in [0.1, 0.15) is 11.1 Å². The van der Waals surface area contributed by atoms with Crippen molar-refractivity contribution < 1.29 is 17.9 Å². The molecule has 1 saturated heterocycles. The maximum Gasteiger partial charge on any atom is 0.244 e. The summed E-state index contributed by atoms with van der Waals surface area (Å²) in [7, 11) is -0.467. The normalized spacial score (nSPS) is 15.7. The highest BCUT2D eigenvalue weighted by Crippen LogP contribution is 2.33. The maximum atomic E-state index is 13.0. The maximum absolute atomic E-state index is 13.0. The monoisotopic (exact) mass is 479 g/mol. The van der Waals surface area contributed by atoms with Gasteiger partial charge >= 0.3 is 0 Å². The molecule has 0 atom stereocenters. The van der Waals surface area contributed by atoms with E-state index in [1.807, 2.05) is 18.2 Å². The average molecular weight is 480 g/mol. The molecule has 0 radical (unpaired) electrons. The summed E-state index contributed by atoms with van der Waals surface area (Å²) in [6.07, 6.45) is 0. The Balaban J connectivity index is 1.72. The molecule has 0 unspecified atom stereocenters. The van der Waals surface area contributed by atoms with E-state index in [0.717, 1.165) is 21.5 Å². The molecule has 0 bridgehead atoms. The van der Waals surface area contributed by atoms with E-state index in [4.69, 9.17) is 9.47 Å². The Kier molecular flexibility index (Phi) is 6.80. The number of piperazine rings is 1.